The van der Waals surface area contributed by atoms with E-state index in [9.17, 15) is 4.79 Å². The van der Waals surface area contributed by atoms with Gasteiger partial charge in [0, 0.05) is 5.56 Å². The molecule has 0 saturated carbocycles. The van der Waals surface area contributed by atoms with Crippen LogP contribution in [-0.4, -0.2) is 46.6 Å². The van der Waals surface area contributed by atoms with Crippen molar-refractivity contribution in [3.8, 4) is 12.3 Å². The Kier molecular flexibility index (Phi) is 4.63. The molecular formula is C14H20N4OS. The highest BCUT2D eigenvalue weighted by Gasteiger charge is 2.32. The summed E-state index contributed by atoms with van der Waals surface area (Å²) in [5.74, 6) is 2.56. The van der Waals surface area contributed by atoms with Gasteiger partial charge in [0.2, 0.25) is 0 Å². The number of hydrogen-bond acceptors (Lipinski definition) is 4. The molecule has 1 aromatic heterocycles. The van der Waals surface area contributed by atoms with Gasteiger partial charge in [-0.05, 0) is 31.4 Å². The number of aryl methyl sites for hydroxylation is 1. The van der Waals surface area contributed by atoms with E-state index >= 15 is 0 Å². The first-order chi connectivity index (χ1) is 9.62. The van der Waals surface area contributed by atoms with Crippen molar-refractivity contribution in [1.29, 1.82) is 0 Å². The first kappa shape index (κ1) is 14.8. The van der Waals surface area contributed by atoms with E-state index in [0.717, 1.165) is 29.2 Å². The smallest absolute Gasteiger partial charge is 0.300 e. The number of carbonyl (C=O) groups excluding carboxylic acids is 1. The molecule has 2 heterocycles. The Bertz CT molecular complexity index is 534. The molecule has 1 aliphatic heterocycles. The minimum atomic E-state index is -0.0259. The molecule has 2 amide bonds. The normalized spacial score (nSPS) is 16.6. The lowest BCUT2D eigenvalue weighted by atomic mass is 10.2. The predicted octanol–water partition coefficient (Wildman–Crippen LogP) is 2.13. The molecule has 108 valence electrons. The summed E-state index contributed by atoms with van der Waals surface area (Å²) in [5, 5.41) is 0.937. The van der Waals surface area contributed by atoms with Crippen molar-refractivity contribution in [2.75, 3.05) is 31.3 Å². The monoisotopic (exact) mass is 292 g/mol. The minimum Gasteiger partial charge on any atom is -0.300 e. The third-order valence-electron chi connectivity index (χ3n) is 3.52. The van der Waals surface area contributed by atoms with Gasteiger partial charge in [-0.15, -0.1) is 6.42 Å². The molecule has 0 unspecified atom stereocenters. The predicted molar refractivity (Wildman–Crippen MR) is 81.8 cm³/mol. The molecule has 1 saturated heterocycles. The molecular weight excluding hydrogens is 272 g/mol. The Labute approximate surface area is 124 Å². The second-order valence-corrected chi connectivity index (χ2v) is 5.55. The molecule has 1 fully saturated rings. The molecule has 0 spiro atoms. The second-order valence-electron chi connectivity index (χ2n) is 4.80. The molecule has 0 bridgehead atoms. The van der Waals surface area contributed by atoms with Crippen LogP contribution in [0.25, 0.3) is 0 Å². The van der Waals surface area contributed by atoms with Crippen molar-refractivity contribution >= 4 is 22.6 Å². The molecule has 0 N–H and O–H groups in total. The van der Waals surface area contributed by atoms with Crippen LogP contribution in [0.1, 0.15) is 25.1 Å². The van der Waals surface area contributed by atoms with Gasteiger partial charge in [-0.2, -0.15) is 4.37 Å². The molecule has 0 radical (unpaired) electrons. The van der Waals surface area contributed by atoms with Crippen molar-refractivity contribution < 1.29 is 4.79 Å². The molecule has 1 aromatic rings. The van der Waals surface area contributed by atoms with Crippen LogP contribution in [0.3, 0.4) is 0 Å². The van der Waals surface area contributed by atoms with Crippen LogP contribution < -0.4 is 4.90 Å². The molecule has 0 aliphatic carbocycles. The van der Waals surface area contributed by atoms with Gasteiger partial charge in [-0.1, -0.05) is 19.8 Å². The summed E-state index contributed by atoms with van der Waals surface area (Å²) in [7, 11) is 0. The zero-order chi connectivity index (χ0) is 14.7. The zero-order valence-corrected chi connectivity index (χ0v) is 13.0. The van der Waals surface area contributed by atoms with Crippen molar-refractivity contribution in [2.24, 2.45) is 0 Å². The molecule has 20 heavy (non-hydrogen) atoms. The number of amides is 2. The molecule has 0 atom stereocenters. The van der Waals surface area contributed by atoms with E-state index in [1.165, 1.54) is 11.5 Å². The fourth-order valence-corrected chi connectivity index (χ4v) is 3.25. The van der Waals surface area contributed by atoms with E-state index < -0.39 is 0 Å². The lowest BCUT2D eigenvalue weighted by molar-refractivity contribution is 0.127. The van der Waals surface area contributed by atoms with Crippen LogP contribution in [0, 0.1) is 19.3 Å². The van der Waals surface area contributed by atoms with Crippen molar-refractivity contribution in [3.63, 3.8) is 0 Å². The fraction of sp³-hybridized carbons (Fsp3) is 0.571. The van der Waals surface area contributed by atoms with Gasteiger partial charge in [0.15, 0.2) is 0 Å². The van der Waals surface area contributed by atoms with Crippen molar-refractivity contribution in [2.45, 2.75) is 27.2 Å². The van der Waals surface area contributed by atoms with Gasteiger partial charge in [0.05, 0.1) is 25.6 Å². The maximum Gasteiger partial charge on any atom is 0.328 e. The maximum absolute atomic E-state index is 12.5. The number of hydrogen-bond donors (Lipinski definition) is 0. The largest absolute Gasteiger partial charge is 0.328 e. The van der Waals surface area contributed by atoms with Crippen LogP contribution in [0.5, 0.6) is 0 Å². The number of aromatic nitrogens is 1. The van der Waals surface area contributed by atoms with E-state index in [2.05, 4.69) is 29.0 Å². The summed E-state index contributed by atoms with van der Waals surface area (Å²) in [6.45, 7) is 8.60. The molecule has 0 aromatic carbocycles. The van der Waals surface area contributed by atoms with E-state index in [4.69, 9.17) is 6.42 Å². The molecule has 1 aliphatic rings. The highest BCUT2D eigenvalue weighted by atomic mass is 32.1. The van der Waals surface area contributed by atoms with Crippen LogP contribution in [-0.2, 0) is 6.42 Å². The lowest BCUT2D eigenvalue weighted by Crippen LogP contribution is -2.58. The summed E-state index contributed by atoms with van der Waals surface area (Å²) < 4.78 is 4.44. The Hall–Kier alpha value is -1.58. The summed E-state index contributed by atoms with van der Waals surface area (Å²) in [5.41, 5.74) is 2.17. The Morgan fingerprint density at radius 1 is 1.40 bits per heavy atom. The number of nitrogens with zero attached hydrogens (tertiary/aromatic N) is 4. The van der Waals surface area contributed by atoms with Crippen molar-refractivity contribution in [3.05, 3.63) is 11.3 Å². The van der Waals surface area contributed by atoms with E-state index in [1.54, 1.807) is 9.80 Å². The highest BCUT2D eigenvalue weighted by Crippen LogP contribution is 2.30. The van der Waals surface area contributed by atoms with Gasteiger partial charge in [0.25, 0.3) is 0 Å². The second kappa shape index (κ2) is 6.25. The average Bonchev–Trinajstić information content (AvgIpc) is 2.82. The summed E-state index contributed by atoms with van der Waals surface area (Å²) in [6.07, 6.45) is 6.24. The lowest BCUT2D eigenvalue weighted by Gasteiger charge is -2.40. The molecule has 6 heteroatoms. The van der Waals surface area contributed by atoms with Crippen LogP contribution in [0.4, 0.5) is 9.80 Å². The van der Waals surface area contributed by atoms with Gasteiger partial charge in [-0.25, -0.2) is 4.79 Å². The van der Waals surface area contributed by atoms with Gasteiger partial charge >= 0.3 is 6.03 Å². The van der Waals surface area contributed by atoms with E-state index in [-0.39, 0.29) is 6.03 Å². The van der Waals surface area contributed by atoms with Crippen LogP contribution in [0.2, 0.25) is 0 Å². The minimum absolute atomic E-state index is 0.0259. The maximum atomic E-state index is 12.5. The molecule has 5 nitrogen and oxygen atoms in total. The summed E-state index contributed by atoms with van der Waals surface area (Å²) >= 11 is 1.39. The van der Waals surface area contributed by atoms with E-state index in [0.29, 0.717) is 19.9 Å². The fourth-order valence-electron chi connectivity index (χ4n) is 2.30. The third kappa shape index (κ3) is 2.65. The van der Waals surface area contributed by atoms with E-state index in [1.807, 2.05) is 6.92 Å². The van der Waals surface area contributed by atoms with Crippen molar-refractivity contribution in [1.82, 2.24) is 14.2 Å². The number of anilines is 1. The summed E-state index contributed by atoms with van der Waals surface area (Å²) in [4.78, 5) is 18.2. The number of rotatable bonds is 4. The van der Waals surface area contributed by atoms with Gasteiger partial charge in [-0.3, -0.25) is 9.80 Å². The van der Waals surface area contributed by atoms with Gasteiger partial charge in [0.1, 0.15) is 5.00 Å². The first-order valence-electron chi connectivity index (χ1n) is 6.79. The third-order valence-corrected chi connectivity index (χ3v) is 4.53. The highest BCUT2D eigenvalue weighted by molar-refractivity contribution is 7.10. The Morgan fingerprint density at radius 3 is 2.70 bits per heavy atom. The summed E-state index contributed by atoms with van der Waals surface area (Å²) in [6, 6.07) is -0.0259. The molecule has 2 rings (SSSR count). The Balaban J connectivity index is 2.30. The quantitative estimate of drug-likeness (QED) is 0.798. The number of carbonyl (C=O) groups is 1. The number of terminal acetylenes is 1. The average molecular weight is 292 g/mol. The van der Waals surface area contributed by atoms with Gasteiger partial charge < -0.3 is 4.90 Å². The zero-order valence-electron chi connectivity index (χ0n) is 12.2. The first-order valence-corrected chi connectivity index (χ1v) is 7.57. The SMILES string of the molecule is C#CCN1CN(CC)CN(c2snc(CC)c2C)C1=O. The standard InChI is InChI=1S/C14H20N4OS/c1-5-8-17-9-16(7-3)10-18(14(17)19)13-11(4)12(6-2)15-20-13/h1H,6-10H2,2-4H3. The Morgan fingerprint density at radius 2 is 2.15 bits per heavy atom. The topological polar surface area (TPSA) is 39.7 Å². The number of urea groups is 1. The van der Waals surface area contributed by atoms with Crippen LogP contribution in [0.15, 0.2) is 0 Å². The van der Waals surface area contributed by atoms with Crippen LogP contribution >= 0.6 is 11.5 Å².